The number of benzene rings is 2. The minimum atomic E-state index is -3.77. The highest BCUT2D eigenvalue weighted by molar-refractivity contribution is 7.89. The predicted octanol–water partition coefficient (Wildman–Crippen LogP) is 1.27. The van der Waals surface area contributed by atoms with Crippen LogP contribution in [0.2, 0.25) is 0 Å². The predicted molar refractivity (Wildman–Crippen MR) is 101 cm³/mol. The number of hydrogen-bond acceptors (Lipinski definition) is 5. The Balaban J connectivity index is 1.76. The van der Waals surface area contributed by atoms with Gasteiger partial charge in [-0.15, -0.1) is 0 Å². The molecule has 2 rings (SSSR count). The number of aliphatic hydroxyl groups is 1. The largest absolute Gasteiger partial charge is 0.491 e. The third kappa shape index (κ3) is 6.80. The van der Waals surface area contributed by atoms with E-state index in [2.05, 4.69) is 10.6 Å². The fourth-order valence-corrected chi connectivity index (χ4v) is 2.81. The summed E-state index contributed by atoms with van der Waals surface area (Å²) in [5.74, 6) is -0.171. The van der Waals surface area contributed by atoms with E-state index in [1.54, 1.807) is 25.1 Å². The molecule has 0 aromatic heterocycles. The Morgan fingerprint density at radius 1 is 1.25 bits per heavy atom. The van der Waals surface area contributed by atoms with Gasteiger partial charge in [-0.25, -0.2) is 22.7 Å². The van der Waals surface area contributed by atoms with Crippen LogP contribution < -0.4 is 20.5 Å². The van der Waals surface area contributed by atoms with Crippen molar-refractivity contribution in [2.45, 2.75) is 24.0 Å². The van der Waals surface area contributed by atoms with Crippen molar-refractivity contribution in [3.8, 4) is 5.75 Å². The van der Waals surface area contributed by atoms with Crippen molar-refractivity contribution < 1.29 is 27.4 Å². The molecule has 0 saturated heterocycles. The molecule has 0 aliphatic heterocycles. The van der Waals surface area contributed by atoms with E-state index in [0.717, 1.165) is 0 Å². The van der Waals surface area contributed by atoms with Crippen LogP contribution in [-0.4, -0.2) is 38.8 Å². The number of rotatable bonds is 8. The first-order valence-corrected chi connectivity index (χ1v) is 9.93. The van der Waals surface area contributed by atoms with E-state index < -0.39 is 34.0 Å². The second-order valence-electron chi connectivity index (χ2n) is 6.11. The number of carbonyl (C=O) groups is 1. The molecular weight excluding hydrogens is 389 g/mol. The number of ether oxygens (including phenoxy) is 1. The van der Waals surface area contributed by atoms with Crippen LogP contribution in [0, 0.1) is 5.82 Å². The van der Waals surface area contributed by atoms with Gasteiger partial charge < -0.3 is 20.5 Å². The summed E-state index contributed by atoms with van der Waals surface area (Å²) >= 11 is 0. The molecule has 0 aliphatic rings. The highest BCUT2D eigenvalue weighted by Crippen LogP contribution is 2.15. The summed E-state index contributed by atoms with van der Waals surface area (Å²) in [4.78, 5) is 11.9. The molecule has 0 radical (unpaired) electrons. The third-order valence-electron chi connectivity index (χ3n) is 3.79. The smallest absolute Gasteiger partial charge is 0.315 e. The van der Waals surface area contributed by atoms with Crippen LogP contribution in [0.5, 0.6) is 5.75 Å². The topological polar surface area (TPSA) is 131 Å². The maximum absolute atomic E-state index is 13.0. The lowest BCUT2D eigenvalue weighted by atomic mass is 10.1. The standard InChI is InChI=1S/C18H22FN3O5S/c1-12(13-5-7-17(8-6-13)28(20,25)26)22-18(24)21-10-15(23)11-27-16-4-2-3-14(19)9-16/h2-9,12,15,23H,10-11H2,1H3,(H2,20,25,26)(H2,21,22,24)/t12-,15-/m0/s1. The quantitative estimate of drug-likeness (QED) is 0.520. The molecule has 5 N–H and O–H groups in total. The van der Waals surface area contributed by atoms with Crippen LogP contribution in [0.4, 0.5) is 9.18 Å². The monoisotopic (exact) mass is 411 g/mol. The summed E-state index contributed by atoms with van der Waals surface area (Å²) in [6.07, 6.45) is -0.988. The number of nitrogens with one attached hydrogen (secondary N) is 2. The van der Waals surface area contributed by atoms with Gasteiger partial charge in [-0.05, 0) is 36.8 Å². The molecule has 0 saturated carbocycles. The van der Waals surface area contributed by atoms with Gasteiger partial charge in [-0.1, -0.05) is 18.2 Å². The van der Waals surface area contributed by atoms with Gasteiger partial charge in [0, 0.05) is 12.6 Å². The highest BCUT2D eigenvalue weighted by atomic mass is 32.2. The highest BCUT2D eigenvalue weighted by Gasteiger charge is 2.13. The van der Waals surface area contributed by atoms with Gasteiger partial charge in [0.05, 0.1) is 10.9 Å². The molecule has 0 bridgehead atoms. The van der Waals surface area contributed by atoms with Gasteiger partial charge in [-0.3, -0.25) is 0 Å². The van der Waals surface area contributed by atoms with Crippen molar-refractivity contribution in [1.82, 2.24) is 10.6 Å². The summed E-state index contributed by atoms with van der Waals surface area (Å²) in [6, 6.07) is 10.4. The Morgan fingerprint density at radius 3 is 2.54 bits per heavy atom. The van der Waals surface area contributed by atoms with Crippen LogP contribution in [0.25, 0.3) is 0 Å². The van der Waals surface area contributed by atoms with E-state index in [-0.39, 0.29) is 23.8 Å². The van der Waals surface area contributed by atoms with E-state index in [4.69, 9.17) is 9.88 Å². The summed E-state index contributed by atoms with van der Waals surface area (Å²) in [6.45, 7) is 1.53. The fraction of sp³-hybridized carbons (Fsp3) is 0.278. The molecule has 2 amide bonds. The van der Waals surface area contributed by atoms with Crippen molar-refractivity contribution in [3.63, 3.8) is 0 Å². The molecule has 0 spiro atoms. The van der Waals surface area contributed by atoms with E-state index >= 15 is 0 Å². The minimum Gasteiger partial charge on any atom is -0.491 e. The minimum absolute atomic E-state index is 0.0191. The first-order chi connectivity index (χ1) is 13.1. The van der Waals surface area contributed by atoms with Crippen LogP contribution in [0.3, 0.4) is 0 Å². The second-order valence-corrected chi connectivity index (χ2v) is 7.67. The van der Waals surface area contributed by atoms with E-state index in [9.17, 15) is 22.7 Å². The normalized spacial score (nSPS) is 13.4. The Morgan fingerprint density at radius 2 is 1.93 bits per heavy atom. The van der Waals surface area contributed by atoms with Crippen molar-refractivity contribution in [2.24, 2.45) is 5.14 Å². The van der Waals surface area contributed by atoms with E-state index in [1.807, 2.05) is 0 Å². The molecule has 28 heavy (non-hydrogen) atoms. The molecule has 0 fully saturated rings. The molecular formula is C18H22FN3O5S. The van der Waals surface area contributed by atoms with Crippen molar-refractivity contribution in [2.75, 3.05) is 13.2 Å². The SMILES string of the molecule is C[C@H](NC(=O)NC[C@H](O)COc1cccc(F)c1)c1ccc(S(N)(=O)=O)cc1. The number of sulfonamides is 1. The number of aliphatic hydroxyl groups excluding tert-OH is 1. The van der Waals surface area contributed by atoms with Crippen LogP contribution in [0.1, 0.15) is 18.5 Å². The zero-order chi connectivity index (χ0) is 20.7. The van der Waals surface area contributed by atoms with Crippen molar-refractivity contribution in [1.29, 1.82) is 0 Å². The lowest BCUT2D eigenvalue weighted by Gasteiger charge is -2.17. The molecule has 10 heteroatoms. The Kier molecular flexibility index (Phi) is 7.32. The summed E-state index contributed by atoms with van der Waals surface area (Å²) in [5.41, 5.74) is 0.678. The summed E-state index contributed by atoms with van der Waals surface area (Å²) < 4.78 is 40.8. The maximum atomic E-state index is 13.0. The first kappa shape index (κ1) is 21.6. The van der Waals surface area contributed by atoms with E-state index in [1.165, 1.54) is 30.3 Å². The Hall–Kier alpha value is -2.69. The molecule has 2 aromatic carbocycles. The lowest BCUT2D eigenvalue weighted by molar-refractivity contribution is 0.107. The molecule has 0 heterocycles. The zero-order valence-electron chi connectivity index (χ0n) is 15.1. The van der Waals surface area contributed by atoms with E-state index in [0.29, 0.717) is 5.56 Å². The van der Waals surface area contributed by atoms with Crippen molar-refractivity contribution >= 4 is 16.1 Å². The second kappa shape index (κ2) is 9.49. The maximum Gasteiger partial charge on any atom is 0.315 e. The average Bonchev–Trinajstić information content (AvgIpc) is 2.64. The number of amides is 2. The Bertz CT molecular complexity index is 906. The van der Waals surface area contributed by atoms with Gasteiger partial charge in [0.1, 0.15) is 24.3 Å². The van der Waals surface area contributed by atoms with Gasteiger partial charge in [0.2, 0.25) is 10.0 Å². The number of halogens is 1. The van der Waals surface area contributed by atoms with Crippen LogP contribution in [-0.2, 0) is 10.0 Å². The molecule has 0 unspecified atom stereocenters. The van der Waals surface area contributed by atoms with Gasteiger partial charge in [0.15, 0.2) is 0 Å². The van der Waals surface area contributed by atoms with Gasteiger partial charge in [-0.2, -0.15) is 0 Å². The summed E-state index contributed by atoms with van der Waals surface area (Å²) in [7, 11) is -3.77. The van der Waals surface area contributed by atoms with Crippen LogP contribution in [0.15, 0.2) is 53.4 Å². The van der Waals surface area contributed by atoms with Gasteiger partial charge in [0.25, 0.3) is 0 Å². The van der Waals surface area contributed by atoms with Crippen molar-refractivity contribution in [3.05, 3.63) is 59.9 Å². The molecule has 2 atom stereocenters. The molecule has 152 valence electrons. The average molecular weight is 411 g/mol. The fourth-order valence-electron chi connectivity index (χ4n) is 2.30. The number of primary sulfonamides is 1. The van der Waals surface area contributed by atoms with Gasteiger partial charge >= 0.3 is 6.03 Å². The first-order valence-electron chi connectivity index (χ1n) is 8.38. The molecule has 2 aromatic rings. The van der Waals surface area contributed by atoms with Crippen LogP contribution >= 0.6 is 0 Å². The third-order valence-corrected chi connectivity index (χ3v) is 4.72. The number of nitrogens with two attached hydrogens (primary N) is 1. The zero-order valence-corrected chi connectivity index (χ0v) is 15.9. The number of urea groups is 1. The molecule has 0 aliphatic carbocycles. The lowest BCUT2D eigenvalue weighted by Crippen LogP contribution is -2.42. The Labute approximate surface area is 162 Å². The number of carbonyl (C=O) groups excluding carboxylic acids is 1. The number of hydrogen-bond donors (Lipinski definition) is 4. The molecule has 8 nitrogen and oxygen atoms in total. The summed E-state index contributed by atoms with van der Waals surface area (Å²) in [5, 5.41) is 20.1.